The summed E-state index contributed by atoms with van der Waals surface area (Å²) in [5.41, 5.74) is 5.27. The molecule has 0 heterocycles. The first-order valence-electron chi connectivity index (χ1n) is 5.82. The Balaban J connectivity index is 3.94. The van der Waals surface area contributed by atoms with Crippen LogP contribution in [-0.4, -0.2) is 35.1 Å². The van der Waals surface area contributed by atoms with Gasteiger partial charge in [0, 0.05) is 18.5 Å². The summed E-state index contributed by atoms with van der Waals surface area (Å²) in [6.07, 6.45) is 1.07. The Kier molecular flexibility index (Phi) is 6.57. The van der Waals surface area contributed by atoms with Crippen molar-refractivity contribution in [2.75, 3.05) is 6.54 Å². The number of carbonyl (C=O) groups excluding carboxylic acids is 1. The van der Waals surface area contributed by atoms with Gasteiger partial charge in [-0.25, -0.2) is 0 Å². The van der Waals surface area contributed by atoms with Gasteiger partial charge in [0.1, 0.15) is 0 Å². The number of nitrogens with one attached hydrogen (secondary N) is 2. The fraction of sp³-hybridized carbons (Fsp3) is 0.818. The average molecular weight is 244 g/mol. The Labute approximate surface area is 103 Å². The van der Waals surface area contributed by atoms with Crippen LogP contribution in [0.3, 0.4) is 0 Å². The van der Waals surface area contributed by atoms with Crippen molar-refractivity contribution in [1.29, 1.82) is 0 Å². The van der Waals surface area contributed by atoms with Gasteiger partial charge in [0.15, 0.2) is 5.84 Å². The van der Waals surface area contributed by atoms with E-state index in [1.165, 1.54) is 0 Å². The molecule has 1 unspecified atom stereocenters. The van der Waals surface area contributed by atoms with Gasteiger partial charge in [-0.15, -0.1) is 0 Å². The normalized spacial score (nSPS) is 14.5. The summed E-state index contributed by atoms with van der Waals surface area (Å²) in [5, 5.41) is 17.4. The van der Waals surface area contributed by atoms with Crippen molar-refractivity contribution < 1.29 is 10.0 Å². The van der Waals surface area contributed by atoms with Crippen LogP contribution in [0.25, 0.3) is 0 Å². The number of hydrogen-bond acceptors (Lipinski definition) is 4. The molecule has 0 rings (SSSR count). The van der Waals surface area contributed by atoms with E-state index >= 15 is 0 Å². The minimum atomic E-state index is -0.215. The number of oxime groups is 1. The number of carbonyl (C=O) groups is 1. The van der Waals surface area contributed by atoms with Gasteiger partial charge in [0.25, 0.3) is 0 Å². The smallest absolute Gasteiger partial charge is 0.221 e. The zero-order valence-electron chi connectivity index (χ0n) is 11.1. The SMILES string of the molecule is CCC(NCCC(=O)NC(C)(C)C)C(N)=NO. The molecule has 0 fully saturated rings. The maximum Gasteiger partial charge on any atom is 0.221 e. The van der Waals surface area contributed by atoms with E-state index in [-0.39, 0.29) is 23.3 Å². The molecule has 100 valence electrons. The zero-order valence-corrected chi connectivity index (χ0v) is 11.1. The molecule has 0 saturated carbocycles. The highest BCUT2D eigenvalue weighted by Gasteiger charge is 2.15. The number of nitrogens with two attached hydrogens (primary N) is 1. The zero-order chi connectivity index (χ0) is 13.5. The first-order chi connectivity index (χ1) is 7.80. The van der Waals surface area contributed by atoms with Gasteiger partial charge < -0.3 is 21.6 Å². The molecule has 0 aromatic rings. The Morgan fingerprint density at radius 1 is 1.47 bits per heavy atom. The Morgan fingerprint density at radius 2 is 2.06 bits per heavy atom. The molecule has 0 aromatic carbocycles. The monoisotopic (exact) mass is 244 g/mol. The molecule has 0 aliphatic heterocycles. The van der Waals surface area contributed by atoms with Gasteiger partial charge in [0.2, 0.25) is 5.91 Å². The van der Waals surface area contributed by atoms with E-state index in [0.717, 1.165) is 0 Å². The molecule has 0 radical (unpaired) electrons. The minimum Gasteiger partial charge on any atom is -0.409 e. The van der Waals surface area contributed by atoms with Crippen molar-refractivity contribution in [3.8, 4) is 0 Å². The van der Waals surface area contributed by atoms with Crippen molar-refractivity contribution >= 4 is 11.7 Å². The van der Waals surface area contributed by atoms with Gasteiger partial charge in [-0.1, -0.05) is 12.1 Å². The predicted molar refractivity (Wildman–Crippen MR) is 68.0 cm³/mol. The highest BCUT2D eigenvalue weighted by molar-refractivity contribution is 5.85. The van der Waals surface area contributed by atoms with Crippen LogP contribution in [0.4, 0.5) is 0 Å². The van der Waals surface area contributed by atoms with Crippen LogP contribution < -0.4 is 16.4 Å². The lowest BCUT2D eigenvalue weighted by molar-refractivity contribution is -0.122. The number of nitrogens with zero attached hydrogens (tertiary/aromatic N) is 1. The van der Waals surface area contributed by atoms with Gasteiger partial charge >= 0.3 is 0 Å². The fourth-order valence-corrected chi connectivity index (χ4v) is 1.37. The molecule has 0 aliphatic carbocycles. The Bertz CT molecular complexity index is 271. The summed E-state index contributed by atoms with van der Waals surface area (Å²) in [4.78, 5) is 11.5. The van der Waals surface area contributed by atoms with E-state index in [1.807, 2.05) is 27.7 Å². The van der Waals surface area contributed by atoms with Crippen LogP contribution in [0.1, 0.15) is 40.5 Å². The molecule has 0 aliphatic rings. The molecule has 6 nitrogen and oxygen atoms in total. The molecule has 0 saturated heterocycles. The van der Waals surface area contributed by atoms with Crippen LogP contribution in [0.2, 0.25) is 0 Å². The molecule has 1 atom stereocenters. The van der Waals surface area contributed by atoms with Crippen LogP contribution in [-0.2, 0) is 4.79 Å². The van der Waals surface area contributed by atoms with Gasteiger partial charge in [0.05, 0.1) is 6.04 Å². The standard InChI is InChI=1S/C11H24N4O2/c1-5-8(10(12)15-17)13-7-6-9(16)14-11(2,3)4/h8,13,17H,5-7H2,1-4H3,(H2,12,15)(H,14,16). The molecule has 17 heavy (non-hydrogen) atoms. The van der Waals surface area contributed by atoms with E-state index in [9.17, 15) is 4.79 Å². The first-order valence-corrected chi connectivity index (χ1v) is 5.82. The van der Waals surface area contributed by atoms with E-state index in [4.69, 9.17) is 10.9 Å². The minimum absolute atomic E-state index is 0.0145. The summed E-state index contributed by atoms with van der Waals surface area (Å²) in [6, 6.07) is -0.192. The van der Waals surface area contributed by atoms with Crippen LogP contribution in [0.5, 0.6) is 0 Å². The van der Waals surface area contributed by atoms with Gasteiger partial charge in [-0.05, 0) is 27.2 Å². The van der Waals surface area contributed by atoms with Crippen molar-refractivity contribution in [1.82, 2.24) is 10.6 Å². The second-order valence-electron chi connectivity index (χ2n) is 4.99. The van der Waals surface area contributed by atoms with E-state index in [0.29, 0.717) is 19.4 Å². The van der Waals surface area contributed by atoms with Crippen molar-refractivity contribution in [3.63, 3.8) is 0 Å². The summed E-state index contributed by atoms with van der Waals surface area (Å²) in [7, 11) is 0. The van der Waals surface area contributed by atoms with Crippen LogP contribution in [0.15, 0.2) is 5.16 Å². The first kappa shape index (κ1) is 15.7. The van der Waals surface area contributed by atoms with E-state index < -0.39 is 0 Å². The third-order valence-electron chi connectivity index (χ3n) is 2.14. The molecular weight excluding hydrogens is 220 g/mol. The topological polar surface area (TPSA) is 99.7 Å². The molecule has 0 aromatic heterocycles. The molecule has 6 heteroatoms. The third kappa shape index (κ3) is 7.57. The average Bonchev–Trinajstić information content (AvgIpc) is 2.21. The van der Waals surface area contributed by atoms with Crippen molar-refractivity contribution in [2.24, 2.45) is 10.9 Å². The summed E-state index contributed by atoms with van der Waals surface area (Å²) in [6.45, 7) is 8.22. The number of amides is 1. The maximum atomic E-state index is 11.5. The maximum absolute atomic E-state index is 11.5. The summed E-state index contributed by atoms with van der Waals surface area (Å²) >= 11 is 0. The van der Waals surface area contributed by atoms with Crippen LogP contribution in [0, 0.1) is 0 Å². The summed E-state index contributed by atoms with van der Waals surface area (Å²) in [5.74, 6) is 0.128. The molecule has 0 spiro atoms. The highest BCUT2D eigenvalue weighted by atomic mass is 16.4. The Hall–Kier alpha value is -1.30. The van der Waals surface area contributed by atoms with E-state index in [1.54, 1.807) is 0 Å². The largest absolute Gasteiger partial charge is 0.409 e. The lowest BCUT2D eigenvalue weighted by Gasteiger charge is -2.21. The van der Waals surface area contributed by atoms with Crippen molar-refractivity contribution in [2.45, 2.75) is 52.1 Å². The van der Waals surface area contributed by atoms with Crippen molar-refractivity contribution in [3.05, 3.63) is 0 Å². The van der Waals surface area contributed by atoms with Gasteiger partial charge in [-0.3, -0.25) is 4.79 Å². The number of amidine groups is 1. The number of rotatable bonds is 6. The lowest BCUT2D eigenvalue weighted by Crippen LogP contribution is -2.44. The molecule has 5 N–H and O–H groups in total. The lowest BCUT2D eigenvalue weighted by atomic mass is 10.1. The quantitative estimate of drug-likeness (QED) is 0.235. The molecule has 0 bridgehead atoms. The molecule has 1 amide bonds. The predicted octanol–water partition coefficient (Wildman–Crippen LogP) is 0.406. The highest BCUT2D eigenvalue weighted by Crippen LogP contribution is 1.99. The van der Waals surface area contributed by atoms with Crippen LogP contribution >= 0.6 is 0 Å². The fourth-order valence-electron chi connectivity index (χ4n) is 1.37. The third-order valence-corrected chi connectivity index (χ3v) is 2.14. The Morgan fingerprint density at radius 3 is 2.47 bits per heavy atom. The second kappa shape index (κ2) is 7.11. The number of hydrogen-bond donors (Lipinski definition) is 4. The van der Waals surface area contributed by atoms with E-state index in [2.05, 4.69) is 15.8 Å². The van der Waals surface area contributed by atoms with Gasteiger partial charge in [-0.2, -0.15) is 0 Å². The molecular formula is C11H24N4O2. The second-order valence-corrected chi connectivity index (χ2v) is 4.99. The summed E-state index contributed by atoms with van der Waals surface area (Å²) < 4.78 is 0.